The molecule has 4 aliphatic rings. The van der Waals surface area contributed by atoms with E-state index in [2.05, 4.69) is 29.4 Å². The second-order valence-electron chi connectivity index (χ2n) is 8.73. The lowest BCUT2D eigenvalue weighted by molar-refractivity contribution is -0.139. The van der Waals surface area contributed by atoms with Crippen LogP contribution < -0.4 is 9.47 Å². The molecule has 3 aromatic carbocycles. The number of hydrazone groups is 1. The van der Waals surface area contributed by atoms with Gasteiger partial charge in [-0.1, -0.05) is 60.1 Å². The number of rotatable bonds is 4. The first kappa shape index (κ1) is 20.9. The quantitative estimate of drug-likeness (QED) is 0.411. The molecule has 0 saturated carbocycles. The maximum absolute atomic E-state index is 13.6. The van der Waals surface area contributed by atoms with Crippen LogP contribution in [0.2, 0.25) is 5.02 Å². The Balaban J connectivity index is 1.41. The average molecular weight is 473 g/mol. The molecular formula is C27H21ClN2O4. The molecule has 170 valence electrons. The van der Waals surface area contributed by atoms with Gasteiger partial charge < -0.3 is 9.47 Å². The van der Waals surface area contributed by atoms with Gasteiger partial charge in [-0.15, -0.1) is 0 Å². The molecule has 2 amide bonds. The number of benzene rings is 3. The molecule has 7 rings (SSSR count). The number of amides is 2. The van der Waals surface area contributed by atoms with Crippen molar-refractivity contribution in [3.05, 3.63) is 93.5 Å². The van der Waals surface area contributed by atoms with Gasteiger partial charge in [0.05, 0.1) is 37.3 Å². The summed E-state index contributed by atoms with van der Waals surface area (Å²) >= 11 is 6.38. The molecule has 34 heavy (non-hydrogen) atoms. The molecule has 3 aromatic rings. The van der Waals surface area contributed by atoms with Crippen LogP contribution in [0.4, 0.5) is 0 Å². The summed E-state index contributed by atoms with van der Waals surface area (Å²) in [6.45, 7) is 0. The third-order valence-electron chi connectivity index (χ3n) is 7.24. The smallest absolute Gasteiger partial charge is 0.254 e. The van der Waals surface area contributed by atoms with Crippen molar-refractivity contribution < 1.29 is 19.1 Å². The van der Waals surface area contributed by atoms with E-state index in [1.54, 1.807) is 12.1 Å². The van der Waals surface area contributed by atoms with E-state index in [4.69, 9.17) is 21.1 Å². The lowest BCUT2D eigenvalue weighted by Crippen LogP contribution is -2.41. The molecule has 0 aromatic heterocycles. The first-order chi connectivity index (χ1) is 16.5. The van der Waals surface area contributed by atoms with Crippen molar-refractivity contribution in [2.45, 2.75) is 11.8 Å². The molecule has 3 aliphatic carbocycles. The molecule has 0 radical (unpaired) electrons. The first-order valence-corrected chi connectivity index (χ1v) is 11.4. The zero-order valence-corrected chi connectivity index (χ0v) is 19.3. The predicted octanol–water partition coefficient (Wildman–Crippen LogP) is 4.58. The molecule has 1 heterocycles. The second kappa shape index (κ2) is 7.71. The lowest BCUT2D eigenvalue weighted by Gasteiger charge is -2.45. The summed E-state index contributed by atoms with van der Waals surface area (Å²) in [7, 11) is 3.05. The van der Waals surface area contributed by atoms with Crippen molar-refractivity contribution >= 4 is 29.6 Å². The fourth-order valence-corrected chi connectivity index (χ4v) is 6.07. The van der Waals surface area contributed by atoms with Gasteiger partial charge in [-0.05, 0) is 28.3 Å². The third kappa shape index (κ3) is 2.78. The summed E-state index contributed by atoms with van der Waals surface area (Å²) in [6, 6.07) is 19.6. The number of nitrogens with zero attached hydrogens (tertiary/aromatic N) is 2. The molecule has 1 aliphatic heterocycles. The van der Waals surface area contributed by atoms with Crippen molar-refractivity contribution in [2.75, 3.05) is 14.2 Å². The predicted molar refractivity (Wildman–Crippen MR) is 128 cm³/mol. The van der Waals surface area contributed by atoms with E-state index in [0.29, 0.717) is 22.1 Å². The van der Waals surface area contributed by atoms with Crippen LogP contribution in [0.25, 0.3) is 0 Å². The normalized spacial score (nSPS) is 24.3. The maximum Gasteiger partial charge on any atom is 0.254 e. The van der Waals surface area contributed by atoms with Gasteiger partial charge in [0.15, 0.2) is 11.5 Å². The number of methoxy groups -OCH3 is 2. The summed E-state index contributed by atoms with van der Waals surface area (Å²) in [5.41, 5.74) is 5.03. The standard InChI is InChI=1S/C27H21ClN2O4/c1-33-20-11-14(19(28)12-21(20)34-2)13-29-30-26(31)24-22-15-7-3-4-8-16(15)23(25(24)27(30)32)18-10-6-5-9-17(18)22/h3-13,22-25H,1-2H3/b29-13-/t22?,23?,24-,25-/m1/s1. The molecule has 1 saturated heterocycles. The van der Waals surface area contributed by atoms with Gasteiger partial charge in [-0.25, -0.2) is 0 Å². The maximum atomic E-state index is 13.6. The minimum atomic E-state index is -0.472. The monoisotopic (exact) mass is 472 g/mol. The van der Waals surface area contributed by atoms with Crippen molar-refractivity contribution in [2.24, 2.45) is 16.9 Å². The Morgan fingerprint density at radius 1 is 0.794 bits per heavy atom. The summed E-state index contributed by atoms with van der Waals surface area (Å²) < 4.78 is 10.6. The molecule has 0 N–H and O–H groups in total. The van der Waals surface area contributed by atoms with Crippen LogP contribution in [0.1, 0.15) is 39.7 Å². The van der Waals surface area contributed by atoms with E-state index in [1.807, 2.05) is 24.3 Å². The molecule has 0 spiro atoms. The van der Waals surface area contributed by atoms with E-state index < -0.39 is 11.8 Å². The summed E-state index contributed by atoms with van der Waals surface area (Å²) in [5.74, 6) is -0.863. The highest BCUT2D eigenvalue weighted by atomic mass is 35.5. The van der Waals surface area contributed by atoms with Gasteiger partial charge in [-0.2, -0.15) is 10.1 Å². The summed E-state index contributed by atoms with van der Waals surface area (Å²) in [4.78, 5) is 27.2. The van der Waals surface area contributed by atoms with Crippen molar-refractivity contribution in [3.8, 4) is 11.5 Å². The summed E-state index contributed by atoms with van der Waals surface area (Å²) in [5, 5.41) is 5.72. The minimum Gasteiger partial charge on any atom is -0.493 e. The van der Waals surface area contributed by atoms with Crippen LogP contribution in [-0.2, 0) is 9.59 Å². The SMILES string of the molecule is COc1cc(Cl)c(/C=N\N2C(=O)[C@@H]3C4c5ccccc5C(c5ccccc54)[C@H]3C2=O)cc1OC. The van der Waals surface area contributed by atoms with Crippen molar-refractivity contribution in [3.63, 3.8) is 0 Å². The molecule has 0 unspecified atom stereocenters. The Morgan fingerprint density at radius 3 is 1.68 bits per heavy atom. The van der Waals surface area contributed by atoms with E-state index in [-0.39, 0.29) is 23.7 Å². The zero-order valence-electron chi connectivity index (χ0n) is 18.6. The van der Waals surface area contributed by atoms with Crippen LogP contribution >= 0.6 is 11.6 Å². The fourth-order valence-electron chi connectivity index (χ4n) is 5.86. The van der Waals surface area contributed by atoms with Crippen molar-refractivity contribution in [1.82, 2.24) is 5.01 Å². The van der Waals surface area contributed by atoms with E-state index in [9.17, 15) is 9.59 Å². The van der Waals surface area contributed by atoms with Gasteiger partial charge in [0.25, 0.3) is 11.8 Å². The van der Waals surface area contributed by atoms with Crippen LogP contribution in [0, 0.1) is 11.8 Å². The highest BCUT2D eigenvalue weighted by Crippen LogP contribution is 2.60. The minimum absolute atomic E-state index is 0.163. The number of imide groups is 1. The number of hydrogen-bond acceptors (Lipinski definition) is 5. The number of carbonyl (C=O) groups excluding carboxylic acids is 2. The number of ether oxygens (including phenoxy) is 2. The van der Waals surface area contributed by atoms with Gasteiger partial charge in [0, 0.05) is 23.5 Å². The highest BCUT2D eigenvalue weighted by Gasteiger charge is 2.61. The Kier molecular flexibility index (Phi) is 4.74. The van der Waals surface area contributed by atoms with E-state index in [0.717, 1.165) is 27.3 Å². The first-order valence-electron chi connectivity index (χ1n) is 11.1. The van der Waals surface area contributed by atoms with E-state index >= 15 is 0 Å². The molecule has 2 atom stereocenters. The molecule has 6 nitrogen and oxygen atoms in total. The van der Waals surface area contributed by atoms with Gasteiger partial charge in [0.2, 0.25) is 0 Å². The van der Waals surface area contributed by atoms with E-state index in [1.165, 1.54) is 20.4 Å². The number of hydrogen-bond donors (Lipinski definition) is 0. The van der Waals surface area contributed by atoms with Gasteiger partial charge in [-0.3, -0.25) is 9.59 Å². The number of halogens is 1. The molecular weight excluding hydrogens is 452 g/mol. The van der Waals surface area contributed by atoms with Crippen LogP contribution in [0.15, 0.2) is 65.8 Å². The second-order valence-corrected chi connectivity index (χ2v) is 9.13. The Morgan fingerprint density at radius 2 is 1.24 bits per heavy atom. The van der Waals surface area contributed by atoms with Crippen LogP contribution in [0.5, 0.6) is 11.5 Å². The van der Waals surface area contributed by atoms with Gasteiger partial charge >= 0.3 is 0 Å². The Bertz CT molecular complexity index is 1270. The van der Waals surface area contributed by atoms with Crippen LogP contribution in [-0.4, -0.2) is 37.3 Å². The topological polar surface area (TPSA) is 68.2 Å². The third-order valence-corrected chi connectivity index (χ3v) is 7.57. The Hall–Kier alpha value is -3.64. The largest absolute Gasteiger partial charge is 0.493 e. The van der Waals surface area contributed by atoms with Crippen LogP contribution in [0.3, 0.4) is 0 Å². The average Bonchev–Trinajstić information content (AvgIpc) is 3.13. The Labute approximate surface area is 201 Å². The molecule has 1 fully saturated rings. The fraction of sp³-hybridized carbons (Fsp3) is 0.222. The zero-order chi connectivity index (χ0) is 23.6. The molecule has 7 heteroatoms. The highest BCUT2D eigenvalue weighted by molar-refractivity contribution is 6.33. The lowest BCUT2D eigenvalue weighted by atomic mass is 9.55. The van der Waals surface area contributed by atoms with Gasteiger partial charge in [0.1, 0.15) is 0 Å². The molecule has 2 bridgehead atoms. The number of carbonyl (C=O) groups is 2. The van der Waals surface area contributed by atoms with Crippen molar-refractivity contribution in [1.29, 1.82) is 0 Å². The summed E-state index contributed by atoms with van der Waals surface area (Å²) in [6.07, 6.45) is 1.43.